The molecule has 6 rings (SSSR count). The third-order valence-corrected chi connectivity index (χ3v) is 9.49. The zero-order valence-corrected chi connectivity index (χ0v) is 31.6. The number of likely N-dealkylation sites (tertiary alicyclic amines) is 1. The van der Waals surface area contributed by atoms with Gasteiger partial charge in [0.1, 0.15) is 12.4 Å². The summed E-state index contributed by atoms with van der Waals surface area (Å²) < 4.78 is 3.30. The van der Waals surface area contributed by atoms with Crippen LogP contribution in [-0.2, 0) is 27.4 Å². The average Bonchev–Trinajstić information content (AvgIpc) is 3.59. The fourth-order valence-electron chi connectivity index (χ4n) is 6.15. The fraction of sp³-hybridized carbons (Fsp3) is 0.343. The lowest BCUT2D eigenvalue weighted by atomic mass is 9.94. The van der Waals surface area contributed by atoms with E-state index in [0.29, 0.717) is 28.2 Å². The van der Waals surface area contributed by atoms with Crippen molar-refractivity contribution < 1.29 is 23.9 Å². The van der Waals surface area contributed by atoms with Gasteiger partial charge in [-0.05, 0) is 55.2 Å². The van der Waals surface area contributed by atoms with Gasteiger partial charge in [-0.3, -0.25) is 24.4 Å². The van der Waals surface area contributed by atoms with Crippen LogP contribution in [0.1, 0.15) is 29.5 Å². The Balaban J connectivity index is 1.18. The first-order valence-electron chi connectivity index (χ1n) is 16.6. The van der Waals surface area contributed by atoms with Crippen molar-refractivity contribution in [3.63, 3.8) is 0 Å². The van der Waals surface area contributed by atoms with E-state index in [-0.39, 0.29) is 32.2 Å². The van der Waals surface area contributed by atoms with Crippen molar-refractivity contribution in [3.8, 4) is 0 Å². The Morgan fingerprint density at radius 3 is 2.47 bits per heavy atom. The molecule has 3 aliphatic heterocycles. The van der Waals surface area contributed by atoms with Crippen molar-refractivity contribution in [1.82, 2.24) is 20.2 Å². The number of halogens is 4. The summed E-state index contributed by atoms with van der Waals surface area (Å²) in [7, 11) is 1.64. The Kier molecular flexibility index (Phi) is 11.6. The Morgan fingerprint density at radius 2 is 1.77 bits per heavy atom. The number of aliphatic imine (C=N–C) groups is 1. The molecule has 5 amide bonds. The van der Waals surface area contributed by atoms with Crippen LogP contribution in [0.3, 0.4) is 0 Å². The quantitative estimate of drug-likeness (QED) is 0.208. The van der Waals surface area contributed by atoms with E-state index in [1.165, 1.54) is 9.80 Å². The number of nitrogens with zero attached hydrogens (tertiary/aromatic N) is 6. The lowest BCUT2D eigenvalue weighted by molar-refractivity contribution is -0.130. The molecule has 1 fully saturated rings. The summed E-state index contributed by atoms with van der Waals surface area (Å²) >= 11 is 23.3. The minimum Gasteiger partial charge on any atom is -0.445 e. The number of allylic oxidation sites excluding steroid dienone is 1. The first kappa shape index (κ1) is 38.1. The number of aryl methyl sites for hydroxylation is 1. The van der Waals surface area contributed by atoms with Crippen molar-refractivity contribution in [2.75, 3.05) is 47.2 Å². The number of nitrogens with one attached hydrogen (secondary N) is 3. The summed E-state index contributed by atoms with van der Waals surface area (Å²) in [6, 6.07) is 11.8. The van der Waals surface area contributed by atoms with Gasteiger partial charge in [-0.1, -0.05) is 64.6 Å². The largest absolute Gasteiger partial charge is 0.445 e. The van der Waals surface area contributed by atoms with E-state index in [1.54, 1.807) is 66.8 Å². The third-order valence-electron chi connectivity index (χ3n) is 8.91. The molecule has 53 heavy (non-hydrogen) atoms. The molecule has 278 valence electrons. The van der Waals surface area contributed by atoms with Gasteiger partial charge in [-0.25, -0.2) is 14.6 Å². The molecule has 3 N–H and O–H groups in total. The number of ether oxygens (including phenoxy) is 1. The molecule has 0 unspecified atom stereocenters. The van der Waals surface area contributed by atoms with Gasteiger partial charge < -0.3 is 25.6 Å². The summed E-state index contributed by atoms with van der Waals surface area (Å²) in [5, 5.41) is 9.46. The molecule has 1 aromatic heterocycles. The number of carbonyl (C=O) groups is 4. The molecule has 2 atom stereocenters. The van der Waals surface area contributed by atoms with Crippen LogP contribution in [0.15, 0.2) is 65.6 Å². The molecule has 0 radical (unpaired) electrons. The molecule has 2 aromatic carbocycles. The minimum absolute atomic E-state index is 0.110. The van der Waals surface area contributed by atoms with Crippen LogP contribution in [0, 0.1) is 18.8 Å². The van der Waals surface area contributed by atoms with Gasteiger partial charge in [0.15, 0.2) is 0 Å². The highest BCUT2D eigenvalue weighted by molar-refractivity contribution is 6.67. The summed E-state index contributed by atoms with van der Waals surface area (Å²) in [6.07, 6.45) is 5.99. The zero-order valence-electron chi connectivity index (χ0n) is 28.6. The summed E-state index contributed by atoms with van der Waals surface area (Å²) in [6.45, 7) is 1.46. The van der Waals surface area contributed by atoms with Crippen LogP contribution in [0.4, 0.5) is 32.7 Å². The molecule has 18 heteroatoms. The van der Waals surface area contributed by atoms with Crippen LogP contribution in [0.25, 0.3) is 0 Å². The number of alkyl halides is 3. The molecular weight excluding hydrogens is 768 g/mol. The lowest BCUT2D eigenvalue weighted by Crippen LogP contribution is -2.46. The smallest absolute Gasteiger partial charge is 0.409 e. The molecule has 0 aliphatic carbocycles. The maximum atomic E-state index is 13.9. The van der Waals surface area contributed by atoms with Crippen LogP contribution >= 0.6 is 46.4 Å². The van der Waals surface area contributed by atoms with E-state index in [1.807, 2.05) is 13.1 Å². The van der Waals surface area contributed by atoms with Crippen molar-refractivity contribution in [3.05, 3.63) is 82.3 Å². The number of aromatic nitrogens is 2. The number of carbonyl (C=O) groups excluding carboxylic acids is 4. The number of hydrogen-bond donors (Lipinski definition) is 3. The standard InChI is InChI=1S/C35H35Cl4N9O5/c1-20-5-10-24(12-28(20)48-16-22-14-42-32(44-25-4-3-11-40-15-25)45-29(22)46(2)33(48)51)43-31(50)27-18-47(34(52)53-19-35(37,38)39)17-26(27)30(49)41-13-21-6-8-23(36)9-7-21/h5-12,14-15,26-27H,3-4,13,16-19H2,1-2H3,(H,41,49)(H,43,50)(H,42,44,45)/t26-,27-/m1/s1. The molecule has 4 heterocycles. The number of amides is 5. The predicted octanol–water partition coefficient (Wildman–Crippen LogP) is 6.44. The van der Waals surface area contributed by atoms with Crippen molar-refractivity contribution in [2.45, 2.75) is 36.6 Å². The van der Waals surface area contributed by atoms with E-state index in [2.05, 4.69) is 30.9 Å². The summed E-state index contributed by atoms with van der Waals surface area (Å²) in [5.74, 6) is -2.00. The van der Waals surface area contributed by atoms with Gasteiger partial charge in [0.2, 0.25) is 21.6 Å². The zero-order chi connectivity index (χ0) is 37.9. The van der Waals surface area contributed by atoms with Gasteiger partial charge in [-0.2, -0.15) is 4.98 Å². The minimum atomic E-state index is -1.84. The number of urea groups is 1. The van der Waals surface area contributed by atoms with Crippen molar-refractivity contribution >= 4 is 99.7 Å². The van der Waals surface area contributed by atoms with Gasteiger partial charge in [-0.15, -0.1) is 0 Å². The number of rotatable bonds is 9. The maximum Gasteiger partial charge on any atom is 0.409 e. The highest BCUT2D eigenvalue weighted by Crippen LogP contribution is 2.34. The van der Waals surface area contributed by atoms with Crippen LogP contribution in [-0.4, -0.2) is 75.6 Å². The Morgan fingerprint density at radius 1 is 1.04 bits per heavy atom. The van der Waals surface area contributed by atoms with E-state index in [9.17, 15) is 19.2 Å². The summed E-state index contributed by atoms with van der Waals surface area (Å²) in [4.78, 5) is 71.5. The van der Waals surface area contributed by atoms with Crippen LogP contribution in [0.2, 0.25) is 5.02 Å². The van der Waals surface area contributed by atoms with Crippen molar-refractivity contribution in [2.24, 2.45) is 16.8 Å². The second kappa shape index (κ2) is 16.2. The normalized spacial score (nSPS) is 18.3. The predicted molar refractivity (Wildman–Crippen MR) is 205 cm³/mol. The average molecular weight is 804 g/mol. The summed E-state index contributed by atoms with van der Waals surface area (Å²) in [5.41, 5.74) is 4.11. The molecule has 3 aliphatic rings. The lowest BCUT2D eigenvalue weighted by Gasteiger charge is -2.35. The highest BCUT2D eigenvalue weighted by Gasteiger charge is 2.44. The Hall–Kier alpha value is -4.63. The van der Waals surface area contributed by atoms with Gasteiger partial charge in [0, 0.05) is 67.3 Å². The van der Waals surface area contributed by atoms with Gasteiger partial charge >= 0.3 is 12.1 Å². The Labute approximate surface area is 325 Å². The highest BCUT2D eigenvalue weighted by atomic mass is 35.6. The van der Waals surface area contributed by atoms with E-state index in [0.717, 1.165) is 35.2 Å². The van der Waals surface area contributed by atoms with Crippen LogP contribution < -0.4 is 25.8 Å². The maximum absolute atomic E-state index is 13.9. The van der Waals surface area contributed by atoms with Gasteiger partial charge in [0.25, 0.3) is 0 Å². The topological polar surface area (TPSA) is 161 Å². The van der Waals surface area contributed by atoms with E-state index in [4.69, 9.17) is 51.1 Å². The Bertz CT molecular complexity index is 1970. The molecule has 0 bridgehead atoms. The SMILES string of the molecule is Cc1ccc(NC(=O)[C@@H]2CN(C(=O)OCC(Cl)(Cl)Cl)C[C@H]2C(=O)NCc2ccc(Cl)cc2)cc1N1Cc2cnc(NC3=CN=CCC3)nc2N(C)C1=O. The second-order valence-electron chi connectivity index (χ2n) is 12.7. The molecule has 14 nitrogen and oxygen atoms in total. The number of hydrogen-bond acceptors (Lipinski definition) is 9. The molecule has 1 saturated heterocycles. The molecule has 0 saturated carbocycles. The fourth-order valence-corrected chi connectivity index (χ4v) is 6.44. The first-order valence-corrected chi connectivity index (χ1v) is 18.1. The van der Waals surface area contributed by atoms with Crippen molar-refractivity contribution in [1.29, 1.82) is 0 Å². The third kappa shape index (κ3) is 9.30. The molecular formula is C35H35Cl4N9O5. The monoisotopic (exact) mass is 801 g/mol. The van der Waals surface area contributed by atoms with Gasteiger partial charge in [0.05, 0.1) is 24.1 Å². The number of anilines is 4. The van der Waals surface area contributed by atoms with E-state index >= 15 is 0 Å². The number of fused-ring (bicyclic) bond motifs is 1. The molecule has 3 aromatic rings. The van der Waals surface area contributed by atoms with E-state index < -0.39 is 40.1 Å². The van der Waals surface area contributed by atoms with Crippen LogP contribution in [0.5, 0.6) is 0 Å². The molecule has 0 spiro atoms. The first-order chi connectivity index (χ1) is 25.3. The number of benzene rings is 2. The second-order valence-corrected chi connectivity index (χ2v) is 15.7.